The molecular formula is C19H16N2O4. The van der Waals surface area contributed by atoms with Crippen LogP contribution in [0.5, 0.6) is 0 Å². The molecule has 2 aromatic carbocycles. The predicted octanol–water partition coefficient (Wildman–Crippen LogP) is 3.00. The SMILES string of the molecule is O=C1c2ccccc2C(=O)N1CC1CCc2cc([N+](=O)[O-])ccc2C1. The molecule has 0 radical (unpaired) electrons. The molecule has 0 aromatic heterocycles. The van der Waals surface area contributed by atoms with Crippen molar-refractivity contribution in [3.63, 3.8) is 0 Å². The maximum absolute atomic E-state index is 12.5. The summed E-state index contributed by atoms with van der Waals surface area (Å²) in [5, 5.41) is 10.9. The van der Waals surface area contributed by atoms with E-state index in [-0.39, 0.29) is 28.3 Å². The van der Waals surface area contributed by atoms with Gasteiger partial charge in [0.05, 0.1) is 16.1 Å². The van der Waals surface area contributed by atoms with E-state index in [1.54, 1.807) is 36.4 Å². The van der Waals surface area contributed by atoms with E-state index in [4.69, 9.17) is 0 Å². The minimum Gasteiger partial charge on any atom is -0.274 e. The smallest absolute Gasteiger partial charge is 0.269 e. The summed E-state index contributed by atoms with van der Waals surface area (Å²) in [4.78, 5) is 36.8. The number of fused-ring (bicyclic) bond motifs is 2. The molecule has 2 aromatic rings. The summed E-state index contributed by atoms with van der Waals surface area (Å²) in [6, 6.07) is 11.8. The van der Waals surface area contributed by atoms with Crippen molar-refractivity contribution >= 4 is 17.5 Å². The highest BCUT2D eigenvalue weighted by molar-refractivity contribution is 6.21. The monoisotopic (exact) mass is 336 g/mol. The van der Waals surface area contributed by atoms with Crippen LogP contribution in [0.3, 0.4) is 0 Å². The molecule has 0 saturated heterocycles. The average molecular weight is 336 g/mol. The van der Waals surface area contributed by atoms with Crippen LogP contribution in [-0.4, -0.2) is 28.2 Å². The molecule has 126 valence electrons. The lowest BCUT2D eigenvalue weighted by atomic mass is 9.83. The van der Waals surface area contributed by atoms with Crippen LogP contribution in [0.2, 0.25) is 0 Å². The summed E-state index contributed by atoms with van der Waals surface area (Å²) in [6.07, 6.45) is 2.26. The van der Waals surface area contributed by atoms with E-state index in [1.807, 2.05) is 0 Å². The molecule has 4 rings (SSSR count). The number of aryl methyl sites for hydroxylation is 1. The maximum atomic E-state index is 12.5. The van der Waals surface area contributed by atoms with Gasteiger partial charge in [-0.25, -0.2) is 0 Å². The topological polar surface area (TPSA) is 80.5 Å². The predicted molar refractivity (Wildman–Crippen MR) is 90.4 cm³/mol. The van der Waals surface area contributed by atoms with Crippen molar-refractivity contribution in [2.45, 2.75) is 19.3 Å². The first kappa shape index (κ1) is 15.5. The zero-order chi connectivity index (χ0) is 17.6. The summed E-state index contributed by atoms with van der Waals surface area (Å²) in [5.41, 5.74) is 3.11. The van der Waals surface area contributed by atoms with E-state index in [1.165, 1.54) is 11.0 Å². The highest BCUT2D eigenvalue weighted by Crippen LogP contribution is 2.31. The van der Waals surface area contributed by atoms with Gasteiger partial charge in [0.1, 0.15) is 0 Å². The van der Waals surface area contributed by atoms with Crippen molar-refractivity contribution in [2.75, 3.05) is 6.54 Å². The lowest BCUT2D eigenvalue weighted by Crippen LogP contribution is -2.36. The Balaban J connectivity index is 1.51. The zero-order valence-corrected chi connectivity index (χ0v) is 13.5. The van der Waals surface area contributed by atoms with Crippen molar-refractivity contribution in [1.29, 1.82) is 0 Å². The quantitative estimate of drug-likeness (QED) is 0.490. The molecule has 1 aliphatic heterocycles. The van der Waals surface area contributed by atoms with E-state index in [0.29, 0.717) is 17.7 Å². The fraction of sp³-hybridized carbons (Fsp3) is 0.263. The second-order valence-corrected chi connectivity index (χ2v) is 6.59. The minimum atomic E-state index is -0.384. The van der Waals surface area contributed by atoms with E-state index < -0.39 is 0 Å². The Morgan fingerprint density at radius 3 is 2.36 bits per heavy atom. The number of nitro benzene ring substituents is 1. The fourth-order valence-electron chi connectivity index (χ4n) is 3.75. The summed E-state index contributed by atoms with van der Waals surface area (Å²) in [7, 11) is 0. The number of carbonyl (C=O) groups is 2. The molecule has 6 heteroatoms. The van der Waals surface area contributed by atoms with Crippen LogP contribution in [0.4, 0.5) is 5.69 Å². The number of nitro groups is 1. The lowest BCUT2D eigenvalue weighted by molar-refractivity contribution is -0.384. The molecular weight excluding hydrogens is 320 g/mol. The molecule has 0 bridgehead atoms. The number of nitrogens with zero attached hydrogens (tertiary/aromatic N) is 2. The largest absolute Gasteiger partial charge is 0.274 e. The number of rotatable bonds is 3. The lowest BCUT2D eigenvalue weighted by Gasteiger charge is -2.27. The van der Waals surface area contributed by atoms with E-state index in [2.05, 4.69) is 0 Å². The Morgan fingerprint density at radius 1 is 1.04 bits per heavy atom. The van der Waals surface area contributed by atoms with Crippen molar-refractivity contribution in [1.82, 2.24) is 4.90 Å². The first-order valence-electron chi connectivity index (χ1n) is 8.26. The Bertz CT molecular complexity index is 871. The first-order chi connectivity index (χ1) is 12.0. The zero-order valence-electron chi connectivity index (χ0n) is 13.5. The Labute approximate surface area is 144 Å². The van der Waals surface area contributed by atoms with Gasteiger partial charge in [0.2, 0.25) is 0 Å². The number of amides is 2. The maximum Gasteiger partial charge on any atom is 0.269 e. The minimum absolute atomic E-state index is 0.109. The Morgan fingerprint density at radius 2 is 1.72 bits per heavy atom. The molecule has 2 aliphatic rings. The van der Waals surface area contributed by atoms with Gasteiger partial charge in [-0.05, 0) is 48.4 Å². The van der Waals surface area contributed by atoms with E-state index in [9.17, 15) is 19.7 Å². The van der Waals surface area contributed by atoms with E-state index >= 15 is 0 Å². The molecule has 0 saturated carbocycles. The van der Waals surface area contributed by atoms with Crippen LogP contribution in [0.15, 0.2) is 42.5 Å². The van der Waals surface area contributed by atoms with Crippen molar-refractivity contribution < 1.29 is 14.5 Å². The average Bonchev–Trinajstić information content (AvgIpc) is 2.86. The van der Waals surface area contributed by atoms with Crippen molar-refractivity contribution in [3.8, 4) is 0 Å². The van der Waals surface area contributed by atoms with Gasteiger partial charge in [0, 0.05) is 18.7 Å². The fourth-order valence-corrected chi connectivity index (χ4v) is 3.75. The summed E-state index contributed by atoms with van der Waals surface area (Å²) >= 11 is 0. The molecule has 1 atom stereocenters. The van der Waals surface area contributed by atoms with Crippen LogP contribution in [0, 0.1) is 16.0 Å². The highest BCUT2D eigenvalue weighted by Gasteiger charge is 2.36. The number of benzene rings is 2. The molecule has 1 aliphatic carbocycles. The first-order valence-corrected chi connectivity index (χ1v) is 8.26. The summed E-state index contributed by atoms with van der Waals surface area (Å²) in [5.74, 6) is -0.277. The highest BCUT2D eigenvalue weighted by atomic mass is 16.6. The number of hydrogen-bond acceptors (Lipinski definition) is 4. The number of carbonyl (C=O) groups excluding carboxylic acids is 2. The number of non-ortho nitro benzene ring substituents is 1. The molecule has 0 spiro atoms. The third kappa shape index (κ3) is 2.59. The van der Waals surface area contributed by atoms with Gasteiger partial charge in [-0.1, -0.05) is 18.2 Å². The third-order valence-corrected chi connectivity index (χ3v) is 5.05. The second-order valence-electron chi connectivity index (χ2n) is 6.59. The third-order valence-electron chi connectivity index (χ3n) is 5.05. The standard InChI is InChI=1S/C19H16N2O4/c22-18-16-3-1-2-4-17(16)19(23)20(18)11-12-5-6-14-10-15(21(24)25)8-7-13(14)9-12/h1-4,7-8,10,12H,5-6,9,11H2. The molecule has 6 nitrogen and oxygen atoms in total. The van der Waals surface area contributed by atoms with E-state index in [0.717, 1.165) is 30.4 Å². The van der Waals surface area contributed by atoms with Crippen LogP contribution in [0.1, 0.15) is 38.3 Å². The van der Waals surface area contributed by atoms with Crippen molar-refractivity contribution in [2.24, 2.45) is 5.92 Å². The molecule has 25 heavy (non-hydrogen) atoms. The van der Waals surface area contributed by atoms with Crippen LogP contribution in [-0.2, 0) is 12.8 Å². The van der Waals surface area contributed by atoms with Gasteiger partial charge in [-0.2, -0.15) is 0 Å². The molecule has 1 heterocycles. The van der Waals surface area contributed by atoms with Gasteiger partial charge < -0.3 is 0 Å². The van der Waals surface area contributed by atoms with Crippen LogP contribution >= 0.6 is 0 Å². The molecule has 2 amide bonds. The summed E-state index contributed by atoms with van der Waals surface area (Å²) in [6.45, 7) is 0.392. The number of imide groups is 1. The number of hydrogen-bond donors (Lipinski definition) is 0. The Hall–Kier alpha value is -3.02. The van der Waals surface area contributed by atoms with Crippen LogP contribution < -0.4 is 0 Å². The van der Waals surface area contributed by atoms with Crippen LogP contribution in [0.25, 0.3) is 0 Å². The molecule has 0 fully saturated rings. The Kier molecular flexibility index (Phi) is 3.60. The van der Waals surface area contributed by atoms with Gasteiger partial charge in [-0.15, -0.1) is 0 Å². The van der Waals surface area contributed by atoms with Gasteiger partial charge >= 0.3 is 0 Å². The molecule has 1 unspecified atom stereocenters. The second kappa shape index (κ2) is 5.81. The molecule has 0 N–H and O–H groups in total. The normalized spacial score (nSPS) is 18.9. The van der Waals surface area contributed by atoms with Gasteiger partial charge in [0.15, 0.2) is 0 Å². The van der Waals surface area contributed by atoms with Gasteiger partial charge in [-0.3, -0.25) is 24.6 Å². The van der Waals surface area contributed by atoms with Crippen molar-refractivity contribution in [3.05, 3.63) is 74.8 Å². The van der Waals surface area contributed by atoms with Gasteiger partial charge in [0.25, 0.3) is 17.5 Å². The summed E-state index contributed by atoms with van der Waals surface area (Å²) < 4.78 is 0.